The molecule has 0 radical (unpaired) electrons. The zero-order chi connectivity index (χ0) is 17.8. The number of hydrogen-bond acceptors (Lipinski definition) is 4. The highest BCUT2D eigenvalue weighted by atomic mass is 35.5. The first-order valence-corrected chi connectivity index (χ1v) is 8.23. The molecule has 3 aromatic rings. The molecule has 0 atom stereocenters. The monoisotopic (exact) mass is 357 g/mol. The normalized spacial score (nSPS) is 10.6. The van der Waals surface area contributed by atoms with Gasteiger partial charge < -0.3 is 14.5 Å². The van der Waals surface area contributed by atoms with Crippen molar-refractivity contribution in [3.8, 4) is 5.75 Å². The maximum atomic E-state index is 12.4. The molecule has 0 saturated carbocycles. The Labute approximate surface area is 149 Å². The van der Waals surface area contributed by atoms with Crippen molar-refractivity contribution in [1.29, 1.82) is 0 Å². The quantitative estimate of drug-likeness (QED) is 0.683. The molecule has 1 heterocycles. The lowest BCUT2D eigenvalue weighted by Crippen LogP contribution is -2.20. The van der Waals surface area contributed by atoms with Crippen LogP contribution in [-0.4, -0.2) is 12.5 Å². The van der Waals surface area contributed by atoms with Crippen LogP contribution >= 0.6 is 11.6 Å². The molecule has 6 heteroatoms. The molecule has 0 spiro atoms. The highest BCUT2D eigenvalue weighted by Crippen LogP contribution is 2.23. The van der Waals surface area contributed by atoms with Gasteiger partial charge >= 0.3 is 5.63 Å². The molecule has 3 rings (SSSR count). The number of para-hydroxylation sites is 1. The van der Waals surface area contributed by atoms with Crippen molar-refractivity contribution in [3.05, 3.63) is 69.5 Å². The van der Waals surface area contributed by atoms with Crippen molar-refractivity contribution in [2.24, 2.45) is 0 Å². The number of carbonyl (C=O) groups is 1. The Morgan fingerprint density at radius 2 is 2.00 bits per heavy atom. The van der Waals surface area contributed by atoms with Gasteiger partial charge in [0.15, 0.2) is 0 Å². The van der Waals surface area contributed by atoms with E-state index in [4.69, 9.17) is 20.8 Å². The second-order valence-corrected chi connectivity index (χ2v) is 5.84. The lowest BCUT2D eigenvalue weighted by Gasteiger charge is -2.08. The summed E-state index contributed by atoms with van der Waals surface area (Å²) in [6.45, 7) is 2.58. The van der Waals surface area contributed by atoms with Gasteiger partial charge in [-0.1, -0.05) is 30.7 Å². The molecule has 0 aliphatic rings. The molecule has 0 saturated heterocycles. The number of fused-ring (bicyclic) bond motifs is 1. The molecule has 5 nitrogen and oxygen atoms in total. The van der Waals surface area contributed by atoms with Crippen LogP contribution in [0.2, 0.25) is 5.02 Å². The predicted molar refractivity (Wildman–Crippen MR) is 97.7 cm³/mol. The van der Waals surface area contributed by atoms with E-state index in [1.807, 2.05) is 6.92 Å². The molecule has 0 bridgehead atoms. The van der Waals surface area contributed by atoms with Crippen molar-refractivity contribution < 1.29 is 13.9 Å². The zero-order valence-corrected chi connectivity index (χ0v) is 14.3. The molecule has 0 aliphatic carbocycles. The summed E-state index contributed by atoms with van der Waals surface area (Å²) < 4.78 is 10.8. The van der Waals surface area contributed by atoms with Gasteiger partial charge in [0.1, 0.15) is 16.9 Å². The van der Waals surface area contributed by atoms with Crippen molar-refractivity contribution in [1.82, 2.24) is 0 Å². The Balaban J connectivity index is 1.91. The van der Waals surface area contributed by atoms with Crippen LogP contribution in [0.4, 0.5) is 5.69 Å². The summed E-state index contributed by atoms with van der Waals surface area (Å²) in [5, 5.41) is 3.64. The van der Waals surface area contributed by atoms with Gasteiger partial charge in [-0.3, -0.25) is 4.79 Å². The second-order valence-electron chi connectivity index (χ2n) is 5.43. The van der Waals surface area contributed by atoms with Gasteiger partial charge in [-0.25, -0.2) is 4.79 Å². The van der Waals surface area contributed by atoms with Crippen LogP contribution in [0.25, 0.3) is 11.0 Å². The van der Waals surface area contributed by atoms with Crippen molar-refractivity contribution >= 4 is 34.2 Å². The summed E-state index contributed by atoms with van der Waals surface area (Å²) in [6.07, 6.45) is 0.878. The maximum absolute atomic E-state index is 12.4. The van der Waals surface area contributed by atoms with Crippen molar-refractivity contribution in [2.75, 3.05) is 11.9 Å². The van der Waals surface area contributed by atoms with E-state index in [1.165, 1.54) is 6.07 Å². The minimum Gasteiger partial charge on any atom is -0.493 e. The number of anilines is 1. The highest BCUT2D eigenvalue weighted by Gasteiger charge is 2.15. The van der Waals surface area contributed by atoms with Crippen molar-refractivity contribution in [2.45, 2.75) is 13.3 Å². The minimum atomic E-state index is -0.718. The Bertz CT molecular complexity index is 981. The third-order valence-electron chi connectivity index (χ3n) is 3.55. The Hall–Kier alpha value is -2.79. The summed E-state index contributed by atoms with van der Waals surface area (Å²) >= 11 is 6.02. The van der Waals surface area contributed by atoms with Gasteiger partial charge in [0.25, 0.3) is 5.91 Å². The van der Waals surface area contributed by atoms with E-state index in [1.54, 1.807) is 42.5 Å². The standard InChI is InChI=1S/C19H16ClNO4/c1-2-9-24-13-8-7-12-10-14(19(23)25-17(12)11-13)18(22)21-16-6-4-3-5-15(16)20/h3-8,10-11H,2,9H2,1H3,(H,21,22). The molecule has 1 aromatic heterocycles. The van der Waals surface area contributed by atoms with E-state index in [0.717, 1.165) is 6.42 Å². The van der Waals surface area contributed by atoms with Gasteiger partial charge in [-0.2, -0.15) is 0 Å². The average molecular weight is 358 g/mol. The molecular formula is C19H16ClNO4. The lowest BCUT2D eigenvalue weighted by atomic mass is 10.1. The number of rotatable bonds is 5. The molecule has 0 aliphatic heterocycles. The van der Waals surface area contributed by atoms with Gasteiger partial charge in [0, 0.05) is 11.5 Å². The first kappa shape index (κ1) is 17.0. The third-order valence-corrected chi connectivity index (χ3v) is 3.88. The van der Waals surface area contributed by atoms with Crippen LogP contribution < -0.4 is 15.7 Å². The van der Waals surface area contributed by atoms with E-state index in [2.05, 4.69) is 5.32 Å². The summed E-state index contributed by atoms with van der Waals surface area (Å²) in [5.74, 6) is 0.0424. The molecule has 2 aromatic carbocycles. The van der Waals surface area contributed by atoms with Gasteiger partial charge in [-0.15, -0.1) is 0 Å². The fraction of sp³-hybridized carbons (Fsp3) is 0.158. The largest absolute Gasteiger partial charge is 0.493 e. The van der Waals surface area contributed by atoms with E-state index >= 15 is 0 Å². The molecule has 0 unspecified atom stereocenters. The first-order chi connectivity index (χ1) is 12.1. The number of hydrogen-bond donors (Lipinski definition) is 1. The van der Waals surface area contributed by atoms with Crippen LogP contribution in [0.1, 0.15) is 23.7 Å². The van der Waals surface area contributed by atoms with Crippen molar-refractivity contribution in [3.63, 3.8) is 0 Å². The number of nitrogens with one attached hydrogen (secondary N) is 1. The first-order valence-electron chi connectivity index (χ1n) is 7.85. The number of ether oxygens (including phenoxy) is 1. The Kier molecular flexibility index (Phi) is 5.05. The topological polar surface area (TPSA) is 68.5 Å². The Morgan fingerprint density at radius 3 is 2.76 bits per heavy atom. The summed E-state index contributed by atoms with van der Waals surface area (Å²) in [7, 11) is 0. The number of benzene rings is 2. The lowest BCUT2D eigenvalue weighted by molar-refractivity contribution is 0.102. The summed E-state index contributed by atoms with van der Waals surface area (Å²) in [6, 6.07) is 13.4. The second kappa shape index (κ2) is 7.40. The Morgan fingerprint density at radius 1 is 1.20 bits per heavy atom. The fourth-order valence-electron chi connectivity index (χ4n) is 2.31. The summed E-state index contributed by atoms with van der Waals surface area (Å²) in [5.41, 5.74) is -0.00999. The zero-order valence-electron chi connectivity index (χ0n) is 13.5. The molecule has 128 valence electrons. The minimum absolute atomic E-state index is 0.0883. The van der Waals surface area contributed by atoms with Crippen LogP contribution in [0.3, 0.4) is 0 Å². The van der Waals surface area contributed by atoms with Gasteiger partial charge in [0.2, 0.25) is 0 Å². The summed E-state index contributed by atoms with van der Waals surface area (Å²) in [4.78, 5) is 24.6. The smallest absolute Gasteiger partial charge is 0.349 e. The fourth-order valence-corrected chi connectivity index (χ4v) is 2.49. The van der Waals surface area contributed by atoms with E-state index in [0.29, 0.717) is 34.0 Å². The van der Waals surface area contributed by atoms with E-state index in [-0.39, 0.29) is 5.56 Å². The molecule has 25 heavy (non-hydrogen) atoms. The average Bonchev–Trinajstić information content (AvgIpc) is 2.61. The van der Waals surface area contributed by atoms with E-state index < -0.39 is 11.5 Å². The highest BCUT2D eigenvalue weighted by molar-refractivity contribution is 6.33. The van der Waals surface area contributed by atoms with Crippen LogP contribution in [-0.2, 0) is 0 Å². The molecule has 1 N–H and O–H groups in total. The number of carbonyl (C=O) groups excluding carboxylic acids is 1. The third kappa shape index (κ3) is 3.83. The maximum Gasteiger partial charge on any atom is 0.349 e. The molecule has 1 amide bonds. The SMILES string of the molecule is CCCOc1ccc2cc(C(=O)Nc3ccccc3Cl)c(=O)oc2c1. The predicted octanol–water partition coefficient (Wildman–Crippen LogP) is 4.49. The van der Waals surface area contributed by atoms with Crippen LogP contribution in [0.5, 0.6) is 5.75 Å². The van der Waals surface area contributed by atoms with Gasteiger partial charge in [0.05, 0.1) is 17.3 Å². The molecule has 0 fully saturated rings. The van der Waals surface area contributed by atoms with Crippen LogP contribution in [0.15, 0.2) is 57.7 Å². The van der Waals surface area contributed by atoms with Crippen LogP contribution in [0, 0.1) is 0 Å². The van der Waals surface area contributed by atoms with Gasteiger partial charge in [-0.05, 0) is 36.8 Å². The number of halogens is 1. The van der Waals surface area contributed by atoms with E-state index in [9.17, 15) is 9.59 Å². The number of amides is 1. The molecular weight excluding hydrogens is 342 g/mol.